The zero-order valence-electron chi connectivity index (χ0n) is 13.9. The number of hydrogen-bond donors (Lipinski definition) is 1. The lowest BCUT2D eigenvalue weighted by molar-refractivity contribution is -0.384. The molecule has 4 rings (SSSR count). The van der Waals surface area contributed by atoms with Gasteiger partial charge in [-0.15, -0.1) is 0 Å². The second kappa shape index (κ2) is 6.84. The number of thioether (sulfide) groups is 1. The fraction of sp³-hybridized carbons (Fsp3) is 0.167. The lowest BCUT2D eigenvalue weighted by Gasteiger charge is -2.04. The monoisotopic (exact) mass is 383 g/mol. The number of imide groups is 1. The predicted molar refractivity (Wildman–Crippen MR) is 98.5 cm³/mol. The molecule has 9 heteroatoms. The SMILES string of the molecule is O=C1NC(=O)C(Cc2ccc3oc(Cc4ccc([N+](=O)[O-])cc4)nc3c2)S1. The summed E-state index contributed by atoms with van der Waals surface area (Å²) in [6.07, 6.45) is 0.847. The third-order valence-corrected chi connectivity index (χ3v) is 5.17. The van der Waals surface area contributed by atoms with Crippen LogP contribution in [0.25, 0.3) is 11.1 Å². The molecule has 1 aromatic heterocycles. The molecule has 1 aliphatic rings. The molecule has 0 bridgehead atoms. The van der Waals surface area contributed by atoms with Gasteiger partial charge in [-0.25, -0.2) is 4.98 Å². The number of nitro benzene ring substituents is 1. The number of nitrogens with one attached hydrogen (secondary N) is 1. The van der Waals surface area contributed by atoms with E-state index >= 15 is 0 Å². The highest BCUT2D eigenvalue weighted by molar-refractivity contribution is 8.15. The average molecular weight is 383 g/mol. The number of benzene rings is 2. The van der Waals surface area contributed by atoms with Crippen molar-refractivity contribution in [1.29, 1.82) is 0 Å². The van der Waals surface area contributed by atoms with Crippen LogP contribution in [0.1, 0.15) is 17.0 Å². The number of carbonyl (C=O) groups excluding carboxylic acids is 2. The number of fused-ring (bicyclic) bond motifs is 1. The molecule has 1 N–H and O–H groups in total. The van der Waals surface area contributed by atoms with Crippen LogP contribution in [0.4, 0.5) is 10.5 Å². The highest BCUT2D eigenvalue weighted by Crippen LogP contribution is 2.25. The number of non-ortho nitro benzene ring substituents is 1. The first kappa shape index (κ1) is 17.2. The van der Waals surface area contributed by atoms with E-state index in [0.29, 0.717) is 29.8 Å². The topological polar surface area (TPSA) is 115 Å². The molecule has 1 unspecified atom stereocenters. The minimum Gasteiger partial charge on any atom is -0.440 e. The first-order valence-electron chi connectivity index (χ1n) is 8.11. The summed E-state index contributed by atoms with van der Waals surface area (Å²) in [7, 11) is 0. The van der Waals surface area contributed by atoms with Crippen molar-refractivity contribution in [2.24, 2.45) is 0 Å². The molecule has 0 aliphatic carbocycles. The van der Waals surface area contributed by atoms with Gasteiger partial charge in [0.1, 0.15) is 5.52 Å². The second-order valence-corrected chi connectivity index (χ2v) is 7.27. The number of hydrogen-bond acceptors (Lipinski definition) is 7. The molecule has 2 heterocycles. The van der Waals surface area contributed by atoms with Gasteiger partial charge in [0.2, 0.25) is 5.91 Å². The van der Waals surface area contributed by atoms with E-state index in [1.54, 1.807) is 18.2 Å². The minimum atomic E-state index is -0.443. The van der Waals surface area contributed by atoms with E-state index < -0.39 is 10.2 Å². The van der Waals surface area contributed by atoms with E-state index in [0.717, 1.165) is 22.9 Å². The molecule has 1 fully saturated rings. The molecule has 27 heavy (non-hydrogen) atoms. The molecule has 0 radical (unpaired) electrons. The van der Waals surface area contributed by atoms with Gasteiger partial charge in [-0.05, 0) is 29.7 Å². The summed E-state index contributed by atoms with van der Waals surface area (Å²) < 4.78 is 5.73. The summed E-state index contributed by atoms with van der Waals surface area (Å²) in [6.45, 7) is 0. The summed E-state index contributed by atoms with van der Waals surface area (Å²) >= 11 is 0.993. The maximum absolute atomic E-state index is 11.7. The summed E-state index contributed by atoms with van der Waals surface area (Å²) in [5, 5.41) is 12.2. The Morgan fingerprint density at radius 2 is 1.89 bits per heavy atom. The zero-order chi connectivity index (χ0) is 19.0. The summed E-state index contributed by atoms with van der Waals surface area (Å²) in [5.74, 6) is 0.225. The normalized spacial score (nSPS) is 16.7. The van der Waals surface area contributed by atoms with Crippen LogP contribution in [0.5, 0.6) is 0 Å². The number of nitrogens with zero attached hydrogens (tertiary/aromatic N) is 2. The zero-order valence-corrected chi connectivity index (χ0v) is 14.7. The number of oxazole rings is 1. The van der Waals surface area contributed by atoms with Crippen molar-refractivity contribution in [3.05, 3.63) is 69.6 Å². The molecule has 0 saturated carbocycles. The summed E-state index contributed by atoms with van der Waals surface area (Å²) in [5.41, 5.74) is 3.06. The molecular weight excluding hydrogens is 370 g/mol. The summed E-state index contributed by atoms with van der Waals surface area (Å²) in [6, 6.07) is 11.7. The largest absolute Gasteiger partial charge is 0.440 e. The fourth-order valence-corrected chi connectivity index (χ4v) is 3.73. The van der Waals surface area contributed by atoms with Crippen LogP contribution in [0.15, 0.2) is 46.9 Å². The highest BCUT2D eigenvalue weighted by atomic mass is 32.2. The van der Waals surface area contributed by atoms with Crippen LogP contribution in [0, 0.1) is 10.1 Å². The van der Waals surface area contributed by atoms with Gasteiger partial charge in [-0.1, -0.05) is 30.0 Å². The Balaban J connectivity index is 1.51. The molecule has 1 aliphatic heterocycles. The number of carbonyl (C=O) groups is 2. The Kier molecular flexibility index (Phi) is 4.36. The Hall–Kier alpha value is -3.20. The average Bonchev–Trinajstić information content (AvgIpc) is 3.17. The van der Waals surface area contributed by atoms with Gasteiger partial charge in [0.05, 0.1) is 10.2 Å². The van der Waals surface area contributed by atoms with Crippen LogP contribution >= 0.6 is 11.8 Å². The first-order valence-corrected chi connectivity index (χ1v) is 8.99. The number of amides is 2. The van der Waals surface area contributed by atoms with E-state index in [4.69, 9.17) is 4.42 Å². The van der Waals surface area contributed by atoms with Gasteiger partial charge in [0, 0.05) is 18.6 Å². The lowest BCUT2D eigenvalue weighted by Crippen LogP contribution is -2.25. The number of rotatable bonds is 5. The lowest BCUT2D eigenvalue weighted by atomic mass is 10.1. The fourth-order valence-electron chi connectivity index (χ4n) is 2.88. The predicted octanol–water partition coefficient (Wildman–Crippen LogP) is 3.22. The van der Waals surface area contributed by atoms with Crippen LogP contribution in [-0.4, -0.2) is 26.3 Å². The third-order valence-electron chi connectivity index (χ3n) is 4.19. The first-order chi connectivity index (χ1) is 13.0. The Morgan fingerprint density at radius 3 is 2.56 bits per heavy atom. The molecule has 8 nitrogen and oxygen atoms in total. The van der Waals surface area contributed by atoms with Gasteiger partial charge in [-0.2, -0.15) is 0 Å². The van der Waals surface area contributed by atoms with Gasteiger partial charge < -0.3 is 4.42 Å². The quantitative estimate of drug-likeness (QED) is 0.531. The van der Waals surface area contributed by atoms with Gasteiger partial charge in [0.15, 0.2) is 11.5 Å². The molecular formula is C18H13N3O5S. The van der Waals surface area contributed by atoms with Gasteiger partial charge in [0.25, 0.3) is 10.9 Å². The Morgan fingerprint density at radius 1 is 1.15 bits per heavy atom. The van der Waals surface area contributed by atoms with Crippen molar-refractivity contribution in [3.63, 3.8) is 0 Å². The van der Waals surface area contributed by atoms with Crippen LogP contribution in [-0.2, 0) is 17.6 Å². The molecule has 1 atom stereocenters. The van der Waals surface area contributed by atoms with Crippen LogP contribution in [0.2, 0.25) is 0 Å². The molecule has 1 saturated heterocycles. The number of aromatic nitrogens is 1. The standard InChI is InChI=1S/C18H13N3O5S/c22-17-15(27-18(23)20-17)8-11-3-6-14-13(7-11)19-16(26-14)9-10-1-4-12(5-2-10)21(24)25/h1-7,15H,8-9H2,(H,20,22,23). The van der Waals surface area contributed by atoms with Gasteiger partial charge >= 0.3 is 0 Å². The van der Waals surface area contributed by atoms with Crippen molar-refractivity contribution in [1.82, 2.24) is 10.3 Å². The van der Waals surface area contributed by atoms with E-state index in [-0.39, 0.29) is 16.8 Å². The summed E-state index contributed by atoms with van der Waals surface area (Å²) in [4.78, 5) is 37.7. The van der Waals surface area contributed by atoms with E-state index in [1.807, 2.05) is 12.1 Å². The number of nitro groups is 1. The molecule has 0 spiro atoms. The Labute approximate surface area is 157 Å². The van der Waals surface area contributed by atoms with Crippen molar-refractivity contribution in [2.75, 3.05) is 0 Å². The smallest absolute Gasteiger partial charge is 0.286 e. The molecule has 3 aromatic rings. The third kappa shape index (κ3) is 3.68. The highest BCUT2D eigenvalue weighted by Gasteiger charge is 2.31. The van der Waals surface area contributed by atoms with Crippen molar-refractivity contribution in [3.8, 4) is 0 Å². The maximum atomic E-state index is 11.7. The molecule has 2 amide bonds. The van der Waals surface area contributed by atoms with Crippen LogP contribution < -0.4 is 5.32 Å². The minimum absolute atomic E-state index is 0.0354. The second-order valence-electron chi connectivity index (χ2n) is 6.10. The Bertz CT molecular complexity index is 1060. The van der Waals surface area contributed by atoms with Crippen molar-refractivity contribution >= 4 is 39.7 Å². The van der Waals surface area contributed by atoms with E-state index in [9.17, 15) is 19.7 Å². The van der Waals surface area contributed by atoms with Gasteiger partial charge in [-0.3, -0.25) is 25.0 Å². The van der Waals surface area contributed by atoms with Crippen molar-refractivity contribution < 1.29 is 18.9 Å². The maximum Gasteiger partial charge on any atom is 0.286 e. The van der Waals surface area contributed by atoms with E-state index in [1.165, 1.54) is 12.1 Å². The van der Waals surface area contributed by atoms with E-state index in [2.05, 4.69) is 10.3 Å². The van der Waals surface area contributed by atoms with Crippen LogP contribution in [0.3, 0.4) is 0 Å². The van der Waals surface area contributed by atoms with Crippen molar-refractivity contribution in [2.45, 2.75) is 18.1 Å². The molecule has 2 aromatic carbocycles. The molecule has 136 valence electrons.